The van der Waals surface area contributed by atoms with Gasteiger partial charge in [0.25, 0.3) is 7.82 Å². The van der Waals surface area contributed by atoms with Crippen LogP contribution in [0.2, 0.25) is 0 Å². The number of quaternary nitrogens is 1. The summed E-state index contributed by atoms with van der Waals surface area (Å²) in [6.07, 6.45) is 55.3. The number of phosphoric ester groups is 1. The molecule has 0 aliphatic carbocycles. The molecule has 0 rings (SSSR count). The minimum absolute atomic E-state index is 0.0229. The average Bonchev–Trinajstić information content (AvgIpc) is 3.20. The van der Waals surface area contributed by atoms with Crippen LogP contribution in [0.1, 0.15) is 200 Å². The van der Waals surface area contributed by atoms with Gasteiger partial charge in [0, 0.05) is 13.0 Å². The van der Waals surface area contributed by atoms with E-state index >= 15 is 0 Å². The van der Waals surface area contributed by atoms with E-state index in [1.54, 1.807) is 0 Å². The largest absolute Gasteiger partial charge is 0.756 e. The quantitative estimate of drug-likeness (QED) is 0.0198. The summed E-state index contributed by atoms with van der Waals surface area (Å²) in [5.74, 6) is -0.345. The van der Waals surface area contributed by atoms with Crippen LogP contribution in [0.15, 0.2) is 60.8 Å². The van der Waals surface area contributed by atoms with Crippen molar-refractivity contribution in [1.82, 2.24) is 0 Å². The Morgan fingerprint density at radius 1 is 0.533 bits per heavy atom. The van der Waals surface area contributed by atoms with Gasteiger partial charge in [-0.25, -0.2) is 0 Å². The highest BCUT2D eigenvalue weighted by atomic mass is 31.2. The number of unbranched alkanes of at least 4 members (excludes halogenated alkanes) is 21. The van der Waals surface area contributed by atoms with Gasteiger partial charge in [-0.2, -0.15) is 0 Å². The summed E-state index contributed by atoms with van der Waals surface area (Å²) in [4.78, 5) is 25.1. The maximum absolute atomic E-state index is 12.7. The van der Waals surface area contributed by atoms with Gasteiger partial charge in [-0.1, -0.05) is 177 Å². The van der Waals surface area contributed by atoms with Crippen LogP contribution >= 0.6 is 7.82 Å². The number of hydrogen-bond donors (Lipinski definition) is 0. The summed E-state index contributed by atoms with van der Waals surface area (Å²) in [6, 6.07) is 0. The molecule has 2 unspecified atom stereocenters. The molecule has 2 atom stereocenters. The lowest BCUT2D eigenvalue weighted by atomic mass is 10.0. The summed E-state index contributed by atoms with van der Waals surface area (Å²) in [5.41, 5.74) is 0. The topological polar surface area (TPSA) is 94.1 Å². The molecule has 60 heavy (non-hydrogen) atoms. The standard InChI is InChI=1S/C51H94NO7P/c1-6-8-10-12-14-16-18-20-21-22-23-24-25-26-27-28-29-30-31-32-33-35-37-39-41-43-46-56-48-50(49-58-60(54,55)57-47-45-52(3,4)5)59-51(53)44-42-40-38-36-34-19-17-15-13-11-9-7-2/h8,10,14-17,20-21,23-24,50H,6-7,9,11-13,18-19,22,25-49H2,1-5H3/b10-8-,16-14-,17-15-,21-20-,24-23-. The monoisotopic (exact) mass is 864 g/mol. The van der Waals surface area contributed by atoms with Crippen molar-refractivity contribution in [1.29, 1.82) is 0 Å². The number of esters is 1. The molecular weight excluding hydrogens is 770 g/mol. The molecule has 0 aromatic heterocycles. The van der Waals surface area contributed by atoms with Crippen LogP contribution in [0.25, 0.3) is 0 Å². The van der Waals surface area contributed by atoms with E-state index in [-0.39, 0.29) is 25.8 Å². The molecule has 0 aliphatic heterocycles. The number of allylic oxidation sites excluding steroid dienone is 10. The molecule has 350 valence electrons. The SMILES string of the molecule is CC/C=C\C/C=C\C/C=C\C/C=C\CCCCCCCCCCCCCCCOCC(COP(=O)([O-])OCC[N+](C)(C)C)OC(=O)CCCCCCC/C=C\CCCCC. The lowest BCUT2D eigenvalue weighted by Crippen LogP contribution is -2.37. The van der Waals surface area contributed by atoms with Gasteiger partial charge in [0.15, 0.2) is 0 Å². The first-order valence-corrected chi connectivity index (χ1v) is 26.0. The summed E-state index contributed by atoms with van der Waals surface area (Å²) in [5, 5.41) is 0. The molecule has 8 nitrogen and oxygen atoms in total. The Labute approximate surface area is 370 Å². The minimum atomic E-state index is -4.53. The molecule has 0 amide bonds. The van der Waals surface area contributed by atoms with Crippen LogP contribution in [-0.4, -0.2) is 70.7 Å². The number of phosphoric acid groups is 1. The van der Waals surface area contributed by atoms with Gasteiger partial charge in [0.1, 0.15) is 19.3 Å². The van der Waals surface area contributed by atoms with Crippen LogP contribution in [0.3, 0.4) is 0 Å². The van der Waals surface area contributed by atoms with Crippen LogP contribution in [0, 0.1) is 0 Å². The molecule has 0 spiro atoms. The van der Waals surface area contributed by atoms with Crippen LogP contribution in [-0.2, 0) is 27.9 Å². The predicted octanol–water partition coefficient (Wildman–Crippen LogP) is 14.3. The first-order valence-electron chi connectivity index (χ1n) is 24.5. The molecule has 0 fully saturated rings. The fraction of sp³-hybridized carbons (Fsp3) is 0.784. The normalized spacial score (nSPS) is 14.2. The molecule has 9 heteroatoms. The van der Waals surface area contributed by atoms with Gasteiger partial charge in [0.2, 0.25) is 0 Å². The number of rotatable bonds is 45. The fourth-order valence-corrected chi connectivity index (χ4v) is 7.26. The maximum Gasteiger partial charge on any atom is 0.306 e. The van der Waals surface area contributed by atoms with Crippen LogP contribution in [0.4, 0.5) is 0 Å². The number of hydrogen-bond acceptors (Lipinski definition) is 7. The smallest absolute Gasteiger partial charge is 0.306 e. The fourth-order valence-electron chi connectivity index (χ4n) is 6.53. The molecular formula is C51H94NO7P. The lowest BCUT2D eigenvalue weighted by molar-refractivity contribution is -0.870. The minimum Gasteiger partial charge on any atom is -0.756 e. The number of nitrogens with zero attached hydrogens (tertiary/aromatic N) is 1. The van der Waals surface area contributed by atoms with E-state index in [2.05, 4.69) is 74.6 Å². The third kappa shape index (κ3) is 47.3. The van der Waals surface area contributed by atoms with Crippen molar-refractivity contribution >= 4 is 13.8 Å². The number of ether oxygens (including phenoxy) is 2. The maximum atomic E-state index is 12.7. The Bertz CT molecular complexity index is 1140. The Morgan fingerprint density at radius 2 is 0.967 bits per heavy atom. The third-order valence-corrected chi connectivity index (χ3v) is 11.3. The second-order valence-corrected chi connectivity index (χ2v) is 18.8. The summed E-state index contributed by atoms with van der Waals surface area (Å²) in [6.45, 7) is 5.26. The number of likely N-dealkylation sites (N-methyl/N-ethyl adjacent to an activating group) is 1. The Balaban J connectivity index is 4.06. The molecule has 0 heterocycles. The van der Waals surface area contributed by atoms with Gasteiger partial charge in [-0.05, 0) is 77.0 Å². The zero-order valence-electron chi connectivity index (χ0n) is 39.6. The molecule has 0 aromatic rings. The third-order valence-electron chi connectivity index (χ3n) is 10.3. The summed E-state index contributed by atoms with van der Waals surface area (Å²) >= 11 is 0. The van der Waals surface area contributed by atoms with Crippen molar-refractivity contribution in [2.24, 2.45) is 0 Å². The second-order valence-electron chi connectivity index (χ2n) is 17.4. The van der Waals surface area contributed by atoms with Gasteiger partial charge in [0.05, 0.1) is 34.4 Å². The van der Waals surface area contributed by atoms with E-state index in [0.717, 1.165) is 70.6 Å². The first kappa shape index (κ1) is 58.2. The molecule has 0 aliphatic rings. The van der Waals surface area contributed by atoms with E-state index in [9.17, 15) is 14.3 Å². The van der Waals surface area contributed by atoms with Gasteiger partial charge < -0.3 is 27.9 Å². The van der Waals surface area contributed by atoms with Crippen LogP contribution < -0.4 is 4.89 Å². The highest BCUT2D eigenvalue weighted by Gasteiger charge is 2.20. The average molecular weight is 864 g/mol. The van der Waals surface area contributed by atoms with E-state index in [4.69, 9.17) is 18.5 Å². The summed E-state index contributed by atoms with van der Waals surface area (Å²) < 4.78 is 34.6. The Kier molecular flexibility index (Phi) is 42.5. The van der Waals surface area contributed by atoms with E-state index < -0.39 is 13.9 Å². The van der Waals surface area contributed by atoms with Crippen LogP contribution in [0.5, 0.6) is 0 Å². The molecule has 0 aromatic carbocycles. The predicted molar refractivity (Wildman–Crippen MR) is 254 cm³/mol. The highest BCUT2D eigenvalue weighted by molar-refractivity contribution is 7.45. The molecule has 0 saturated heterocycles. The number of carbonyl (C=O) groups is 1. The number of carbonyl (C=O) groups excluding carboxylic acids is 1. The van der Waals surface area contributed by atoms with E-state index in [0.29, 0.717) is 24.1 Å². The van der Waals surface area contributed by atoms with Crippen molar-refractivity contribution in [3.05, 3.63) is 60.8 Å². The van der Waals surface area contributed by atoms with Gasteiger partial charge >= 0.3 is 5.97 Å². The summed E-state index contributed by atoms with van der Waals surface area (Å²) in [7, 11) is 1.35. The van der Waals surface area contributed by atoms with Crippen molar-refractivity contribution in [2.75, 3.05) is 54.1 Å². The molecule has 0 radical (unpaired) electrons. The molecule has 0 saturated carbocycles. The van der Waals surface area contributed by atoms with Crippen molar-refractivity contribution in [3.63, 3.8) is 0 Å². The van der Waals surface area contributed by atoms with Crippen molar-refractivity contribution in [3.8, 4) is 0 Å². The zero-order chi connectivity index (χ0) is 44.1. The van der Waals surface area contributed by atoms with Crippen molar-refractivity contribution < 1.29 is 37.3 Å². The van der Waals surface area contributed by atoms with Gasteiger partial charge in [-0.15, -0.1) is 0 Å². The molecule has 0 N–H and O–H groups in total. The molecule has 0 bridgehead atoms. The van der Waals surface area contributed by atoms with E-state index in [1.807, 2.05) is 21.1 Å². The second kappa shape index (κ2) is 43.8. The Hall–Kier alpha value is -1.80. The first-order chi connectivity index (χ1) is 29.1. The van der Waals surface area contributed by atoms with Crippen molar-refractivity contribution in [2.45, 2.75) is 206 Å². The van der Waals surface area contributed by atoms with E-state index in [1.165, 1.54) is 109 Å². The Morgan fingerprint density at radius 3 is 1.47 bits per heavy atom. The van der Waals surface area contributed by atoms with Gasteiger partial charge in [-0.3, -0.25) is 9.36 Å². The lowest BCUT2D eigenvalue weighted by Gasteiger charge is -2.28. The zero-order valence-corrected chi connectivity index (χ0v) is 40.5. The highest BCUT2D eigenvalue weighted by Crippen LogP contribution is 2.38.